The van der Waals surface area contributed by atoms with E-state index in [2.05, 4.69) is 261 Å². The lowest BCUT2D eigenvalue weighted by molar-refractivity contribution is 0.661. The highest BCUT2D eigenvalue weighted by molar-refractivity contribution is 5.74. The van der Waals surface area contributed by atoms with E-state index in [4.69, 9.17) is 15.0 Å². The second kappa shape index (κ2) is 37.6. The number of rotatable bonds is 25. The maximum atomic E-state index is 4.75. The van der Waals surface area contributed by atoms with E-state index < -0.39 is 0 Å². The summed E-state index contributed by atoms with van der Waals surface area (Å²) in [7, 11) is 0. The molecule has 0 spiro atoms. The first kappa shape index (κ1) is 69.9. The lowest BCUT2D eigenvalue weighted by Crippen LogP contribution is -2.00. The molecular weight excluding hydrogens is 1060 g/mol. The Morgan fingerprint density at radius 2 is 0.420 bits per heavy atom. The summed E-state index contributed by atoms with van der Waals surface area (Å²) in [5, 5.41) is 0. The van der Waals surface area contributed by atoms with Crippen LogP contribution in [0.5, 0.6) is 0 Å². The monoisotopic (exact) mass is 1170 g/mol. The van der Waals surface area contributed by atoms with Gasteiger partial charge in [-0.25, -0.2) is 15.0 Å². The molecule has 0 saturated heterocycles. The highest BCUT2D eigenvalue weighted by Gasteiger charge is 2.13. The minimum Gasteiger partial charge on any atom is -0.208 e. The fourth-order valence-corrected chi connectivity index (χ4v) is 11.4. The van der Waals surface area contributed by atoms with Crippen LogP contribution in [-0.4, -0.2) is 15.0 Å². The zero-order chi connectivity index (χ0) is 63.2. The minimum absolute atomic E-state index is 0.691. The van der Waals surface area contributed by atoms with E-state index >= 15 is 0 Å². The van der Waals surface area contributed by atoms with Crippen molar-refractivity contribution < 1.29 is 0 Å². The summed E-state index contributed by atoms with van der Waals surface area (Å²) >= 11 is 0. The van der Waals surface area contributed by atoms with Crippen molar-refractivity contribution >= 4 is 0 Å². The standard InChI is InChI=1S/C24H21N3.C21H20.2C20H34/c1-16-4-10-19(11-5-16)22-25-23(20-12-6-17(2)7-13-20)27-24(26-22)21-14-8-18(3)9-15-21;1-15-4-8-18(9-5-15)20-12-17(3)13-21(14-20)19-10-6-16(2)7-11-19;2*1-5-7-9-11-13-19-15-18(4)20(16-17(19)3)14-12-10-8-6-2/h4-15H,1-3H3;4-14H,1-3H3;2*15-16H,5-14H2,1-4H3. The molecule has 464 valence electrons. The Balaban J connectivity index is 0.000000189. The van der Waals surface area contributed by atoms with Crippen molar-refractivity contribution in [1.82, 2.24) is 15.0 Å². The second-order valence-corrected chi connectivity index (χ2v) is 25.4. The van der Waals surface area contributed by atoms with Crippen molar-refractivity contribution in [2.75, 3.05) is 0 Å². The highest BCUT2D eigenvalue weighted by atomic mass is 15.0. The normalized spacial score (nSPS) is 10.8. The molecular formula is C85H109N3. The number of benzene rings is 8. The van der Waals surface area contributed by atoms with E-state index in [9.17, 15) is 0 Å². The first-order valence-corrected chi connectivity index (χ1v) is 34.0. The molecule has 0 saturated carbocycles. The van der Waals surface area contributed by atoms with Crippen LogP contribution >= 0.6 is 0 Å². The maximum Gasteiger partial charge on any atom is 0.164 e. The Hall–Kier alpha value is -7.23. The van der Waals surface area contributed by atoms with Gasteiger partial charge in [-0.3, -0.25) is 0 Å². The van der Waals surface area contributed by atoms with Crippen LogP contribution in [0.15, 0.2) is 164 Å². The number of unbranched alkanes of at least 4 members (excludes halogenated alkanes) is 12. The topological polar surface area (TPSA) is 38.7 Å². The van der Waals surface area contributed by atoms with Gasteiger partial charge >= 0.3 is 0 Å². The number of nitrogens with zero attached hydrogens (tertiary/aromatic N) is 3. The van der Waals surface area contributed by atoms with E-state index in [1.54, 1.807) is 22.3 Å². The molecule has 1 heterocycles. The average molecular weight is 1170 g/mol. The highest BCUT2D eigenvalue weighted by Crippen LogP contribution is 2.30. The molecule has 0 aliphatic heterocycles. The van der Waals surface area contributed by atoms with Crippen LogP contribution in [0.25, 0.3) is 56.4 Å². The lowest BCUT2D eigenvalue weighted by atomic mass is 9.93. The molecule has 9 aromatic rings. The largest absolute Gasteiger partial charge is 0.208 e. The molecule has 3 heteroatoms. The maximum absolute atomic E-state index is 4.75. The van der Waals surface area contributed by atoms with Gasteiger partial charge in [0.2, 0.25) is 0 Å². The van der Waals surface area contributed by atoms with Gasteiger partial charge in [-0.2, -0.15) is 0 Å². The van der Waals surface area contributed by atoms with Crippen molar-refractivity contribution in [3.8, 4) is 56.4 Å². The molecule has 1 aromatic heterocycles. The van der Waals surface area contributed by atoms with Crippen molar-refractivity contribution in [1.29, 1.82) is 0 Å². The van der Waals surface area contributed by atoms with E-state index in [1.165, 1.54) is 206 Å². The fourth-order valence-electron chi connectivity index (χ4n) is 11.4. The molecule has 0 unspecified atom stereocenters. The zero-order valence-electron chi connectivity index (χ0n) is 57.1. The van der Waals surface area contributed by atoms with E-state index in [-0.39, 0.29) is 0 Å². The summed E-state index contributed by atoms with van der Waals surface area (Å²) in [6.07, 6.45) is 26.8. The summed E-state index contributed by atoms with van der Waals surface area (Å²) in [5.41, 5.74) is 28.0. The van der Waals surface area contributed by atoms with Crippen molar-refractivity contribution in [3.63, 3.8) is 0 Å². The first-order valence-electron chi connectivity index (χ1n) is 34.0. The quantitative estimate of drug-likeness (QED) is 0.0535. The van der Waals surface area contributed by atoms with Gasteiger partial charge in [0.25, 0.3) is 0 Å². The van der Waals surface area contributed by atoms with E-state index in [1.807, 2.05) is 0 Å². The predicted molar refractivity (Wildman–Crippen MR) is 385 cm³/mol. The molecule has 0 radical (unpaired) electrons. The number of hydrogen-bond donors (Lipinski definition) is 0. The molecule has 0 fully saturated rings. The van der Waals surface area contributed by atoms with Gasteiger partial charge < -0.3 is 0 Å². The van der Waals surface area contributed by atoms with Gasteiger partial charge in [0.05, 0.1) is 0 Å². The average Bonchev–Trinajstić information content (AvgIpc) is 3.71. The molecule has 0 atom stereocenters. The molecule has 88 heavy (non-hydrogen) atoms. The Labute approximate surface area is 535 Å². The van der Waals surface area contributed by atoms with Crippen LogP contribution in [0.2, 0.25) is 0 Å². The van der Waals surface area contributed by atoms with Crippen LogP contribution in [0, 0.1) is 69.2 Å². The van der Waals surface area contributed by atoms with Crippen molar-refractivity contribution in [2.24, 2.45) is 0 Å². The van der Waals surface area contributed by atoms with Gasteiger partial charge in [0, 0.05) is 16.7 Å². The second-order valence-electron chi connectivity index (χ2n) is 25.4. The third kappa shape index (κ3) is 23.4. The van der Waals surface area contributed by atoms with Crippen LogP contribution in [0.3, 0.4) is 0 Å². The van der Waals surface area contributed by atoms with Gasteiger partial charge in [-0.05, 0) is 199 Å². The fraction of sp³-hybridized carbons (Fsp3) is 0.400. The summed E-state index contributed by atoms with van der Waals surface area (Å²) in [6, 6.07) is 58.9. The van der Waals surface area contributed by atoms with Gasteiger partial charge in [0.1, 0.15) is 0 Å². The molecule has 0 N–H and O–H groups in total. The Morgan fingerprint density at radius 3 is 0.636 bits per heavy atom. The molecule has 0 aliphatic rings. The minimum atomic E-state index is 0.691. The summed E-state index contributed by atoms with van der Waals surface area (Å²) < 4.78 is 0. The summed E-state index contributed by atoms with van der Waals surface area (Å²) in [6.45, 7) is 30.9. The molecule has 8 aromatic carbocycles. The van der Waals surface area contributed by atoms with Crippen LogP contribution < -0.4 is 0 Å². The van der Waals surface area contributed by atoms with Gasteiger partial charge in [-0.15, -0.1) is 0 Å². The number of aromatic nitrogens is 3. The van der Waals surface area contributed by atoms with Crippen molar-refractivity contribution in [2.45, 2.75) is 225 Å². The number of aryl methyl sites for hydroxylation is 14. The lowest BCUT2D eigenvalue weighted by Gasteiger charge is -2.12. The third-order valence-corrected chi connectivity index (χ3v) is 17.2. The van der Waals surface area contributed by atoms with E-state index in [0.29, 0.717) is 17.5 Å². The molecule has 9 rings (SSSR count). The third-order valence-electron chi connectivity index (χ3n) is 17.2. The van der Waals surface area contributed by atoms with Crippen LogP contribution in [0.1, 0.15) is 208 Å². The Morgan fingerprint density at radius 1 is 0.205 bits per heavy atom. The van der Waals surface area contributed by atoms with Gasteiger partial charge in [0.15, 0.2) is 17.5 Å². The smallest absolute Gasteiger partial charge is 0.164 e. The molecule has 3 nitrogen and oxygen atoms in total. The first-order chi connectivity index (χ1) is 42.6. The summed E-state index contributed by atoms with van der Waals surface area (Å²) in [5.74, 6) is 2.07. The predicted octanol–water partition coefficient (Wildman–Crippen LogP) is 24.8. The van der Waals surface area contributed by atoms with Crippen LogP contribution in [0.4, 0.5) is 0 Å². The zero-order valence-corrected chi connectivity index (χ0v) is 57.1. The van der Waals surface area contributed by atoms with E-state index in [0.717, 1.165) is 16.7 Å². The number of hydrogen-bond acceptors (Lipinski definition) is 3. The molecule has 0 amide bonds. The molecule has 0 bridgehead atoms. The van der Waals surface area contributed by atoms with Gasteiger partial charge in [-0.1, -0.05) is 290 Å². The SMILES string of the molecule is CCCCCCc1cc(C)c(CCCCCC)cc1C.CCCCCCc1cc(C)c(CCCCCC)cc1C.Cc1ccc(-c2cc(C)cc(-c3ccc(C)cc3)c2)cc1.Cc1ccc(-c2nc(-c3ccc(C)cc3)nc(-c3ccc(C)cc3)n2)cc1. The Bertz CT molecular complexity index is 3090. The molecule has 0 aliphatic carbocycles. The van der Waals surface area contributed by atoms with Crippen LogP contribution in [-0.2, 0) is 25.7 Å². The summed E-state index contributed by atoms with van der Waals surface area (Å²) in [4.78, 5) is 14.3. The van der Waals surface area contributed by atoms with Crippen molar-refractivity contribution in [3.05, 3.63) is 242 Å². The Kier molecular flexibility index (Phi) is 29.8.